The molecule has 0 atom stereocenters. The minimum absolute atomic E-state index is 0.787. The van der Waals surface area contributed by atoms with E-state index in [1.807, 2.05) is 19.9 Å². The Kier molecular flexibility index (Phi) is 4.78. The highest BCUT2D eigenvalue weighted by molar-refractivity contribution is 6.32. The van der Waals surface area contributed by atoms with Gasteiger partial charge in [0.2, 0.25) is 0 Å². The van der Waals surface area contributed by atoms with E-state index in [1.165, 1.54) is 23.8 Å². The SMILES string of the molecule is CCCCNCc1cc(C)nc2c(C)c(Cl)ccc12. The summed E-state index contributed by atoms with van der Waals surface area (Å²) in [5.74, 6) is 0. The van der Waals surface area contributed by atoms with Gasteiger partial charge in [-0.15, -0.1) is 0 Å². The summed E-state index contributed by atoms with van der Waals surface area (Å²) in [5.41, 5.74) is 4.45. The molecule has 0 unspecified atom stereocenters. The van der Waals surface area contributed by atoms with Crippen LogP contribution in [0, 0.1) is 13.8 Å². The summed E-state index contributed by atoms with van der Waals surface area (Å²) >= 11 is 6.18. The van der Waals surface area contributed by atoms with Crippen LogP contribution in [0.5, 0.6) is 0 Å². The zero-order valence-corrected chi connectivity index (χ0v) is 12.6. The number of unbranched alkanes of at least 4 members (excludes halogenated alkanes) is 1. The molecule has 1 aromatic carbocycles. The Labute approximate surface area is 120 Å². The van der Waals surface area contributed by atoms with Crippen molar-refractivity contribution in [3.63, 3.8) is 0 Å². The molecule has 0 aliphatic carbocycles. The van der Waals surface area contributed by atoms with E-state index in [9.17, 15) is 0 Å². The Hall–Kier alpha value is -1.12. The van der Waals surface area contributed by atoms with Crippen molar-refractivity contribution in [1.29, 1.82) is 0 Å². The van der Waals surface area contributed by atoms with E-state index in [-0.39, 0.29) is 0 Å². The molecule has 2 rings (SSSR count). The predicted octanol–water partition coefficient (Wildman–Crippen LogP) is 4.39. The van der Waals surface area contributed by atoms with Crippen LogP contribution in [0.4, 0.5) is 0 Å². The summed E-state index contributed by atoms with van der Waals surface area (Å²) < 4.78 is 0. The minimum Gasteiger partial charge on any atom is -0.313 e. The molecule has 0 aliphatic rings. The molecular formula is C16H21ClN2. The van der Waals surface area contributed by atoms with Crippen LogP contribution in [0.2, 0.25) is 5.02 Å². The molecule has 0 aliphatic heterocycles. The first-order chi connectivity index (χ1) is 9.13. The van der Waals surface area contributed by atoms with Gasteiger partial charge in [0, 0.05) is 22.6 Å². The van der Waals surface area contributed by atoms with E-state index in [2.05, 4.69) is 29.4 Å². The summed E-state index contributed by atoms with van der Waals surface area (Å²) in [5, 5.41) is 5.49. The molecule has 2 aromatic rings. The maximum Gasteiger partial charge on any atom is 0.0752 e. The van der Waals surface area contributed by atoms with Gasteiger partial charge in [-0.3, -0.25) is 4.98 Å². The first-order valence-electron chi connectivity index (χ1n) is 6.89. The second-order valence-electron chi connectivity index (χ2n) is 5.02. The molecule has 19 heavy (non-hydrogen) atoms. The van der Waals surface area contributed by atoms with Crippen LogP contribution >= 0.6 is 11.6 Å². The van der Waals surface area contributed by atoms with Crippen LogP contribution in [0.15, 0.2) is 18.2 Å². The van der Waals surface area contributed by atoms with Crippen molar-refractivity contribution in [3.05, 3.63) is 40.0 Å². The van der Waals surface area contributed by atoms with E-state index in [0.717, 1.165) is 34.9 Å². The molecule has 1 aromatic heterocycles. The Balaban J connectivity index is 2.35. The minimum atomic E-state index is 0.787. The van der Waals surface area contributed by atoms with Gasteiger partial charge in [-0.1, -0.05) is 31.0 Å². The number of rotatable bonds is 5. The summed E-state index contributed by atoms with van der Waals surface area (Å²) in [7, 11) is 0. The number of nitrogens with one attached hydrogen (secondary N) is 1. The first-order valence-corrected chi connectivity index (χ1v) is 7.27. The van der Waals surface area contributed by atoms with Crippen molar-refractivity contribution in [2.75, 3.05) is 6.54 Å². The topological polar surface area (TPSA) is 24.9 Å². The van der Waals surface area contributed by atoms with E-state index in [0.29, 0.717) is 0 Å². The number of fused-ring (bicyclic) bond motifs is 1. The number of pyridine rings is 1. The summed E-state index contributed by atoms with van der Waals surface area (Å²) in [6.45, 7) is 8.23. The monoisotopic (exact) mass is 276 g/mol. The van der Waals surface area contributed by atoms with Crippen molar-refractivity contribution in [1.82, 2.24) is 10.3 Å². The zero-order valence-electron chi connectivity index (χ0n) is 11.9. The molecule has 102 valence electrons. The van der Waals surface area contributed by atoms with E-state index in [1.54, 1.807) is 0 Å². The van der Waals surface area contributed by atoms with Crippen LogP contribution < -0.4 is 5.32 Å². The lowest BCUT2D eigenvalue weighted by Gasteiger charge is -2.11. The number of aryl methyl sites for hydroxylation is 2. The van der Waals surface area contributed by atoms with Gasteiger partial charge < -0.3 is 5.32 Å². The van der Waals surface area contributed by atoms with Crippen LogP contribution in [0.1, 0.15) is 36.6 Å². The van der Waals surface area contributed by atoms with Crippen LogP contribution in [0.3, 0.4) is 0 Å². The third kappa shape index (κ3) is 3.26. The number of benzene rings is 1. The molecule has 0 spiro atoms. The largest absolute Gasteiger partial charge is 0.313 e. The average molecular weight is 277 g/mol. The van der Waals surface area contributed by atoms with Crippen molar-refractivity contribution >= 4 is 22.5 Å². The van der Waals surface area contributed by atoms with Gasteiger partial charge in [0.1, 0.15) is 0 Å². The maximum atomic E-state index is 6.18. The summed E-state index contributed by atoms with van der Waals surface area (Å²) in [6, 6.07) is 6.20. The third-order valence-electron chi connectivity index (χ3n) is 3.40. The standard InChI is InChI=1S/C16H21ClN2/c1-4-5-8-18-10-13-9-11(2)19-16-12(3)15(17)7-6-14(13)16/h6-7,9,18H,4-5,8,10H2,1-3H3. The Morgan fingerprint density at radius 2 is 2.05 bits per heavy atom. The van der Waals surface area contributed by atoms with Crippen molar-refractivity contribution in [2.24, 2.45) is 0 Å². The van der Waals surface area contributed by atoms with Gasteiger partial charge >= 0.3 is 0 Å². The number of aromatic nitrogens is 1. The van der Waals surface area contributed by atoms with E-state index < -0.39 is 0 Å². The maximum absolute atomic E-state index is 6.18. The molecule has 0 radical (unpaired) electrons. The highest BCUT2D eigenvalue weighted by Gasteiger charge is 2.08. The lowest BCUT2D eigenvalue weighted by atomic mass is 10.0. The third-order valence-corrected chi connectivity index (χ3v) is 3.81. The van der Waals surface area contributed by atoms with Crippen LogP contribution in [0.25, 0.3) is 10.9 Å². The van der Waals surface area contributed by atoms with Crippen molar-refractivity contribution < 1.29 is 0 Å². The molecule has 0 fully saturated rings. The smallest absolute Gasteiger partial charge is 0.0752 e. The fraction of sp³-hybridized carbons (Fsp3) is 0.438. The van der Waals surface area contributed by atoms with Gasteiger partial charge in [-0.05, 0) is 50.1 Å². The van der Waals surface area contributed by atoms with Gasteiger partial charge in [0.05, 0.1) is 5.52 Å². The quantitative estimate of drug-likeness (QED) is 0.819. The van der Waals surface area contributed by atoms with Gasteiger partial charge in [0.15, 0.2) is 0 Å². The molecule has 1 N–H and O–H groups in total. The van der Waals surface area contributed by atoms with Crippen molar-refractivity contribution in [3.8, 4) is 0 Å². The summed E-state index contributed by atoms with van der Waals surface area (Å²) in [4.78, 5) is 4.63. The van der Waals surface area contributed by atoms with Gasteiger partial charge in [-0.25, -0.2) is 0 Å². The number of hydrogen-bond donors (Lipinski definition) is 1. The predicted molar refractivity (Wildman–Crippen MR) is 82.8 cm³/mol. The van der Waals surface area contributed by atoms with Gasteiger partial charge in [0.25, 0.3) is 0 Å². The average Bonchev–Trinajstić information content (AvgIpc) is 2.39. The Morgan fingerprint density at radius 3 is 2.79 bits per heavy atom. The van der Waals surface area contributed by atoms with Crippen LogP contribution in [-0.4, -0.2) is 11.5 Å². The molecular weight excluding hydrogens is 256 g/mol. The molecule has 0 saturated carbocycles. The Morgan fingerprint density at radius 1 is 1.26 bits per heavy atom. The molecule has 2 nitrogen and oxygen atoms in total. The lowest BCUT2D eigenvalue weighted by Crippen LogP contribution is -2.15. The van der Waals surface area contributed by atoms with Crippen molar-refractivity contribution in [2.45, 2.75) is 40.2 Å². The van der Waals surface area contributed by atoms with Gasteiger partial charge in [-0.2, -0.15) is 0 Å². The number of nitrogens with zero attached hydrogens (tertiary/aromatic N) is 1. The number of halogens is 1. The van der Waals surface area contributed by atoms with E-state index >= 15 is 0 Å². The van der Waals surface area contributed by atoms with Crippen LogP contribution in [-0.2, 0) is 6.54 Å². The highest BCUT2D eigenvalue weighted by atomic mass is 35.5. The fourth-order valence-electron chi connectivity index (χ4n) is 2.29. The highest BCUT2D eigenvalue weighted by Crippen LogP contribution is 2.26. The second kappa shape index (κ2) is 6.36. The molecule has 3 heteroatoms. The normalized spacial score (nSPS) is 11.2. The fourth-order valence-corrected chi connectivity index (χ4v) is 2.44. The number of hydrogen-bond acceptors (Lipinski definition) is 2. The van der Waals surface area contributed by atoms with E-state index in [4.69, 9.17) is 11.6 Å². The lowest BCUT2D eigenvalue weighted by molar-refractivity contribution is 0.643. The zero-order chi connectivity index (χ0) is 13.8. The molecule has 0 amide bonds. The Bertz CT molecular complexity index is 578. The molecule has 0 saturated heterocycles. The molecule has 1 heterocycles. The summed E-state index contributed by atoms with van der Waals surface area (Å²) in [6.07, 6.45) is 2.44. The molecule has 0 bridgehead atoms. The first kappa shape index (κ1) is 14.3. The second-order valence-corrected chi connectivity index (χ2v) is 5.43.